The minimum atomic E-state index is -0.173. The maximum atomic E-state index is 13.1. The Morgan fingerprint density at radius 1 is 1.03 bits per heavy atom. The lowest BCUT2D eigenvalue weighted by Gasteiger charge is -2.28. The molecule has 7 heteroatoms. The van der Waals surface area contributed by atoms with Crippen LogP contribution in [0.3, 0.4) is 0 Å². The summed E-state index contributed by atoms with van der Waals surface area (Å²) < 4.78 is 3.16. The molecule has 0 amide bonds. The average Bonchev–Trinajstić information content (AvgIpc) is 3.10. The maximum absolute atomic E-state index is 13.1. The fraction of sp³-hybridized carbons (Fsp3) is 0.227. The number of nitrogens with zero attached hydrogens (tertiary/aromatic N) is 5. The zero-order valence-electron chi connectivity index (χ0n) is 16.0. The third-order valence-corrected chi connectivity index (χ3v) is 5.84. The SMILES string of the molecule is Cn1c(Cl)nc2c(c(N3CCc4ccccc4C3)nn2Cc2ccccc2)c1=O. The first-order valence-corrected chi connectivity index (χ1v) is 9.98. The molecule has 1 aliphatic heterocycles. The summed E-state index contributed by atoms with van der Waals surface area (Å²) in [6, 6.07) is 18.4. The molecule has 1 aliphatic rings. The van der Waals surface area contributed by atoms with Gasteiger partial charge in [0.15, 0.2) is 11.5 Å². The fourth-order valence-electron chi connectivity index (χ4n) is 3.92. The van der Waals surface area contributed by atoms with Crippen molar-refractivity contribution < 1.29 is 0 Å². The van der Waals surface area contributed by atoms with Crippen LogP contribution in [0.5, 0.6) is 0 Å². The lowest BCUT2D eigenvalue weighted by Crippen LogP contribution is -2.32. The summed E-state index contributed by atoms with van der Waals surface area (Å²) >= 11 is 6.23. The van der Waals surface area contributed by atoms with E-state index in [2.05, 4.69) is 34.1 Å². The van der Waals surface area contributed by atoms with Crippen molar-refractivity contribution in [3.8, 4) is 0 Å². The van der Waals surface area contributed by atoms with E-state index in [4.69, 9.17) is 16.7 Å². The molecule has 0 spiro atoms. The van der Waals surface area contributed by atoms with Gasteiger partial charge in [-0.2, -0.15) is 10.1 Å². The summed E-state index contributed by atoms with van der Waals surface area (Å²) in [6.07, 6.45) is 0.921. The Kier molecular flexibility index (Phi) is 4.36. The number of benzene rings is 2. The van der Waals surface area contributed by atoms with E-state index in [9.17, 15) is 4.79 Å². The summed E-state index contributed by atoms with van der Waals surface area (Å²) in [5.41, 5.74) is 4.06. The highest BCUT2D eigenvalue weighted by molar-refractivity contribution is 6.28. The van der Waals surface area contributed by atoms with Crippen LogP contribution in [-0.2, 0) is 26.6 Å². The highest BCUT2D eigenvalue weighted by atomic mass is 35.5. The standard InChI is InChI=1S/C22H20ClN5O/c1-26-21(29)18-19(24-22(26)23)28(13-15-7-3-2-4-8-15)25-20(18)27-12-11-16-9-5-6-10-17(16)14-27/h2-10H,11-14H2,1H3. The van der Waals surface area contributed by atoms with Crippen LogP contribution in [0.1, 0.15) is 16.7 Å². The van der Waals surface area contributed by atoms with Gasteiger partial charge in [-0.05, 0) is 34.7 Å². The van der Waals surface area contributed by atoms with Gasteiger partial charge >= 0.3 is 0 Å². The zero-order valence-corrected chi connectivity index (χ0v) is 16.8. The number of hydrogen-bond acceptors (Lipinski definition) is 4. The summed E-state index contributed by atoms with van der Waals surface area (Å²) in [7, 11) is 1.64. The van der Waals surface area contributed by atoms with Gasteiger partial charge in [0.1, 0.15) is 5.39 Å². The molecule has 0 N–H and O–H groups in total. The van der Waals surface area contributed by atoms with Gasteiger partial charge in [0, 0.05) is 20.1 Å². The van der Waals surface area contributed by atoms with Gasteiger partial charge in [0.2, 0.25) is 5.28 Å². The monoisotopic (exact) mass is 405 g/mol. The topological polar surface area (TPSA) is 56.0 Å². The molecule has 0 saturated heterocycles. The maximum Gasteiger partial charge on any atom is 0.267 e. The molecule has 0 saturated carbocycles. The third-order valence-electron chi connectivity index (χ3n) is 5.51. The van der Waals surface area contributed by atoms with Crippen molar-refractivity contribution >= 4 is 28.5 Å². The van der Waals surface area contributed by atoms with Crippen LogP contribution >= 0.6 is 11.6 Å². The van der Waals surface area contributed by atoms with E-state index in [-0.39, 0.29) is 10.8 Å². The Morgan fingerprint density at radius 2 is 1.76 bits per heavy atom. The Bertz CT molecular complexity index is 1260. The number of anilines is 1. The summed E-state index contributed by atoms with van der Waals surface area (Å²) in [5.74, 6) is 0.676. The molecule has 0 aliphatic carbocycles. The van der Waals surface area contributed by atoms with Crippen LogP contribution in [0.4, 0.5) is 5.82 Å². The minimum Gasteiger partial charge on any atom is -0.350 e. The first-order chi connectivity index (χ1) is 14.1. The van der Waals surface area contributed by atoms with Crippen LogP contribution in [0.25, 0.3) is 11.0 Å². The van der Waals surface area contributed by atoms with E-state index in [0.29, 0.717) is 23.4 Å². The smallest absolute Gasteiger partial charge is 0.267 e. The molecule has 0 bridgehead atoms. The molecule has 6 nitrogen and oxygen atoms in total. The van der Waals surface area contributed by atoms with Crippen molar-refractivity contribution in [1.82, 2.24) is 19.3 Å². The van der Waals surface area contributed by atoms with Gasteiger partial charge < -0.3 is 4.90 Å². The van der Waals surface area contributed by atoms with Crippen LogP contribution in [0, 0.1) is 0 Å². The minimum absolute atomic E-state index is 0.159. The lowest BCUT2D eigenvalue weighted by molar-refractivity contribution is 0.670. The Hall–Kier alpha value is -3.12. The molecule has 2 aromatic carbocycles. The van der Waals surface area contributed by atoms with E-state index in [1.165, 1.54) is 15.7 Å². The molecule has 0 unspecified atom stereocenters. The van der Waals surface area contributed by atoms with E-state index in [1.807, 2.05) is 30.3 Å². The lowest BCUT2D eigenvalue weighted by atomic mass is 10.00. The van der Waals surface area contributed by atoms with E-state index in [1.54, 1.807) is 11.7 Å². The number of hydrogen-bond donors (Lipinski definition) is 0. The quantitative estimate of drug-likeness (QED) is 0.490. The molecule has 2 aromatic heterocycles. The number of fused-ring (bicyclic) bond motifs is 2. The van der Waals surface area contributed by atoms with E-state index in [0.717, 1.165) is 25.1 Å². The van der Waals surface area contributed by atoms with E-state index >= 15 is 0 Å². The van der Waals surface area contributed by atoms with Crippen molar-refractivity contribution in [2.24, 2.45) is 7.05 Å². The third kappa shape index (κ3) is 3.09. The second kappa shape index (κ2) is 7.04. The van der Waals surface area contributed by atoms with Gasteiger partial charge in [-0.15, -0.1) is 0 Å². The predicted octanol–water partition coefficient (Wildman–Crippen LogP) is 3.39. The second-order valence-corrected chi connectivity index (χ2v) is 7.69. The largest absolute Gasteiger partial charge is 0.350 e. The fourth-order valence-corrected chi connectivity index (χ4v) is 4.08. The van der Waals surface area contributed by atoms with Crippen molar-refractivity contribution in [2.75, 3.05) is 11.4 Å². The van der Waals surface area contributed by atoms with Crippen molar-refractivity contribution in [3.05, 3.63) is 86.9 Å². The van der Waals surface area contributed by atoms with Gasteiger partial charge in [-0.3, -0.25) is 9.36 Å². The van der Waals surface area contributed by atoms with E-state index < -0.39 is 0 Å². The molecular formula is C22H20ClN5O. The molecule has 0 radical (unpaired) electrons. The predicted molar refractivity (Wildman–Crippen MR) is 115 cm³/mol. The van der Waals surface area contributed by atoms with Crippen LogP contribution in [0.2, 0.25) is 5.28 Å². The Morgan fingerprint density at radius 3 is 2.55 bits per heavy atom. The molecule has 146 valence electrons. The van der Waals surface area contributed by atoms with Gasteiger partial charge in [-0.25, -0.2) is 4.68 Å². The molecule has 5 rings (SSSR count). The summed E-state index contributed by atoms with van der Waals surface area (Å²) in [5, 5.41) is 5.51. The summed E-state index contributed by atoms with van der Waals surface area (Å²) in [4.78, 5) is 19.7. The van der Waals surface area contributed by atoms with Crippen molar-refractivity contribution in [3.63, 3.8) is 0 Å². The molecule has 0 fully saturated rings. The highest BCUT2D eigenvalue weighted by Crippen LogP contribution is 2.28. The average molecular weight is 406 g/mol. The molecule has 3 heterocycles. The first kappa shape index (κ1) is 17.9. The van der Waals surface area contributed by atoms with Crippen LogP contribution in [-0.4, -0.2) is 25.9 Å². The van der Waals surface area contributed by atoms with Crippen LogP contribution in [0.15, 0.2) is 59.4 Å². The van der Waals surface area contributed by atoms with Crippen LogP contribution < -0.4 is 10.5 Å². The first-order valence-electron chi connectivity index (χ1n) is 9.60. The number of halogens is 1. The molecule has 0 atom stereocenters. The Balaban J connectivity index is 1.65. The zero-order chi connectivity index (χ0) is 20.0. The second-order valence-electron chi connectivity index (χ2n) is 7.35. The van der Waals surface area contributed by atoms with Crippen molar-refractivity contribution in [1.29, 1.82) is 0 Å². The van der Waals surface area contributed by atoms with Gasteiger partial charge in [0.25, 0.3) is 5.56 Å². The molecular weight excluding hydrogens is 386 g/mol. The molecule has 29 heavy (non-hydrogen) atoms. The van der Waals surface area contributed by atoms with Crippen molar-refractivity contribution in [2.45, 2.75) is 19.5 Å². The highest BCUT2D eigenvalue weighted by Gasteiger charge is 2.25. The summed E-state index contributed by atoms with van der Waals surface area (Å²) in [6.45, 7) is 2.05. The normalized spacial score (nSPS) is 13.7. The molecule has 4 aromatic rings. The number of rotatable bonds is 3. The Labute approximate surface area is 173 Å². The van der Waals surface area contributed by atoms with Gasteiger partial charge in [-0.1, -0.05) is 54.6 Å². The number of aromatic nitrogens is 4. The van der Waals surface area contributed by atoms with Gasteiger partial charge in [0.05, 0.1) is 6.54 Å².